The minimum Gasteiger partial charge on any atom is -0.481 e. The van der Waals surface area contributed by atoms with Crippen LogP contribution in [0, 0.1) is 0 Å². The van der Waals surface area contributed by atoms with Crippen molar-refractivity contribution >= 4 is 15.9 Å². The van der Waals surface area contributed by atoms with Crippen LogP contribution in [0.3, 0.4) is 0 Å². The molecule has 3 aromatic rings. The Hall–Kier alpha value is -3.20. The van der Waals surface area contributed by atoms with E-state index in [0.717, 1.165) is 11.1 Å². The highest BCUT2D eigenvalue weighted by molar-refractivity contribution is 7.89. The minimum absolute atomic E-state index is 0.109. The summed E-state index contributed by atoms with van der Waals surface area (Å²) in [4.78, 5) is 14.5. The number of rotatable bonds is 9. The van der Waals surface area contributed by atoms with Gasteiger partial charge >= 0.3 is 0 Å². The Balaban J connectivity index is 1.50. The number of sulfonamides is 1. The van der Waals surface area contributed by atoms with Crippen LogP contribution in [0.1, 0.15) is 18.1 Å². The van der Waals surface area contributed by atoms with Crippen molar-refractivity contribution in [3.63, 3.8) is 0 Å². The van der Waals surface area contributed by atoms with E-state index in [-0.39, 0.29) is 23.9 Å². The van der Waals surface area contributed by atoms with Crippen molar-refractivity contribution in [3.05, 3.63) is 96.1 Å². The number of hydrogen-bond donors (Lipinski definition) is 0. The number of benzene rings is 3. The van der Waals surface area contributed by atoms with Gasteiger partial charge in [-0.3, -0.25) is 4.79 Å². The van der Waals surface area contributed by atoms with Gasteiger partial charge < -0.3 is 14.4 Å². The van der Waals surface area contributed by atoms with Crippen molar-refractivity contribution < 1.29 is 22.7 Å². The maximum atomic E-state index is 13.6. The van der Waals surface area contributed by atoms with Gasteiger partial charge in [0.05, 0.1) is 18.1 Å². The quantitative estimate of drug-likeness (QED) is 0.453. The fraction of sp³-hybridized carbons (Fsp3) is 0.296. The summed E-state index contributed by atoms with van der Waals surface area (Å²) >= 11 is 0. The highest BCUT2D eigenvalue weighted by Gasteiger charge is 2.26. The van der Waals surface area contributed by atoms with Gasteiger partial charge in [-0.25, -0.2) is 8.42 Å². The third-order valence-electron chi connectivity index (χ3n) is 5.85. The van der Waals surface area contributed by atoms with E-state index in [1.807, 2.05) is 60.7 Å². The van der Waals surface area contributed by atoms with E-state index >= 15 is 0 Å². The van der Waals surface area contributed by atoms with Crippen molar-refractivity contribution in [2.24, 2.45) is 0 Å². The molecule has 8 heteroatoms. The summed E-state index contributed by atoms with van der Waals surface area (Å²) in [7, 11) is -3.79. The van der Waals surface area contributed by atoms with Gasteiger partial charge in [0.25, 0.3) is 5.91 Å². The summed E-state index contributed by atoms with van der Waals surface area (Å²) in [5.41, 5.74) is 1.81. The lowest BCUT2D eigenvalue weighted by Crippen LogP contribution is -2.46. The summed E-state index contributed by atoms with van der Waals surface area (Å²) in [6, 6.07) is 25.3. The molecule has 35 heavy (non-hydrogen) atoms. The van der Waals surface area contributed by atoms with Crippen LogP contribution in [-0.2, 0) is 32.6 Å². The predicted octanol–water partition coefficient (Wildman–Crippen LogP) is 3.70. The Morgan fingerprint density at radius 2 is 1.40 bits per heavy atom. The first-order chi connectivity index (χ1) is 16.9. The molecule has 1 atom stereocenters. The van der Waals surface area contributed by atoms with E-state index in [2.05, 4.69) is 0 Å². The van der Waals surface area contributed by atoms with Gasteiger partial charge in [0.15, 0.2) is 6.10 Å². The molecule has 4 rings (SSSR count). The van der Waals surface area contributed by atoms with Crippen molar-refractivity contribution in [1.29, 1.82) is 0 Å². The Labute approximate surface area is 206 Å². The Bertz CT molecular complexity index is 1150. The highest BCUT2D eigenvalue weighted by atomic mass is 32.2. The molecular weight excluding hydrogens is 464 g/mol. The minimum atomic E-state index is -3.79. The molecule has 1 saturated heterocycles. The van der Waals surface area contributed by atoms with Gasteiger partial charge in [0, 0.05) is 26.2 Å². The van der Waals surface area contributed by atoms with E-state index in [0.29, 0.717) is 32.1 Å². The first-order valence-corrected chi connectivity index (χ1v) is 13.1. The Kier molecular flexibility index (Phi) is 8.17. The zero-order chi connectivity index (χ0) is 24.7. The van der Waals surface area contributed by atoms with Gasteiger partial charge in [-0.1, -0.05) is 60.7 Å². The second-order valence-electron chi connectivity index (χ2n) is 8.41. The summed E-state index contributed by atoms with van der Waals surface area (Å²) in [6.07, 6.45) is -0.678. The third kappa shape index (κ3) is 6.48. The first kappa shape index (κ1) is 24.9. The Morgan fingerprint density at radius 3 is 1.91 bits per heavy atom. The zero-order valence-electron chi connectivity index (χ0n) is 19.7. The number of carbonyl (C=O) groups excluding carboxylic acids is 1. The van der Waals surface area contributed by atoms with Crippen LogP contribution in [0.15, 0.2) is 89.8 Å². The summed E-state index contributed by atoms with van der Waals surface area (Å²) in [6.45, 7) is 4.33. The van der Waals surface area contributed by atoms with Crippen LogP contribution < -0.4 is 4.74 Å². The lowest BCUT2D eigenvalue weighted by Gasteiger charge is -2.29. The molecule has 0 aromatic heterocycles. The summed E-state index contributed by atoms with van der Waals surface area (Å²) < 4.78 is 39.8. The maximum Gasteiger partial charge on any atom is 0.263 e. The van der Waals surface area contributed by atoms with Crippen molar-refractivity contribution in [3.8, 4) is 5.75 Å². The van der Waals surface area contributed by atoms with Crippen LogP contribution in [0.5, 0.6) is 5.75 Å². The largest absolute Gasteiger partial charge is 0.481 e. The monoisotopic (exact) mass is 494 g/mol. The molecule has 0 saturated carbocycles. The molecule has 1 fully saturated rings. The molecule has 0 radical (unpaired) electrons. The smallest absolute Gasteiger partial charge is 0.263 e. The van der Waals surface area contributed by atoms with Crippen LogP contribution in [0.4, 0.5) is 0 Å². The van der Waals surface area contributed by atoms with Crippen LogP contribution >= 0.6 is 0 Å². The van der Waals surface area contributed by atoms with E-state index in [1.165, 1.54) is 16.4 Å². The zero-order valence-corrected chi connectivity index (χ0v) is 20.6. The number of carbonyl (C=O) groups is 1. The topological polar surface area (TPSA) is 76.2 Å². The predicted molar refractivity (Wildman–Crippen MR) is 133 cm³/mol. The lowest BCUT2D eigenvalue weighted by atomic mass is 10.2. The van der Waals surface area contributed by atoms with E-state index in [1.54, 1.807) is 24.0 Å². The molecule has 0 unspecified atom stereocenters. The van der Waals surface area contributed by atoms with E-state index in [4.69, 9.17) is 9.47 Å². The second-order valence-corrected chi connectivity index (χ2v) is 10.4. The molecule has 1 heterocycles. The lowest BCUT2D eigenvalue weighted by molar-refractivity contribution is -0.142. The van der Waals surface area contributed by atoms with Gasteiger partial charge in [-0.15, -0.1) is 0 Å². The van der Waals surface area contributed by atoms with Gasteiger partial charge in [0.1, 0.15) is 5.75 Å². The number of hydrogen-bond acceptors (Lipinski definition) is 5. The number of amides is 1. The molecule has 184 valence electrons. The molecule has 1 aliphatic heterocycles. The molecule has 3 aromatic carbocycles. The highest BCUT2D eigenvalue weighted by Crippen LogP contribution is 2.24. The SMILES string of the molecule is C[C@H](Oc1ccc(S(=O)(=O)N(Cc2ccccc2)Cc2ccccc2)cc1)C(=O)N1CCOCC1. The van der Waals surface area contributed by atoms with Gasteiger partial charge in [-0.2, -0.15) is 4.31 Å². The molecule has 0 bridgehead atoms. The third-order valence-corrected chi connectivity index (χ3v) is 7.65. The van der Waals surface area contributed by atoms with E-state index in [9.17, 15) is 13.2 Å². The summed E-state index contributed by atoms with van der Waals surface area (Å²) in [5, 5.41) is 0. The molecular formula is C27H30N2O5S. The van der Waals surface area contributed by atoms with E-state index < -0.39 is 16.1 Å². The fourth-order valence-corrected chi connectivity index (χ4v) is 5.35. The number of ether oxygens (including phenoxy) is 2. The average Bonchev–Trinajstić information content (AvgIpc) is 2.90. The molecule has 0 N–H and O–H groups in total. The Morgan fingerprint density at radius 1 is 0.886 bits per heavy atom. The molecule has 1 amide bonds. The normalized spacial score (nSPS) is 15.1. The molecule has 0 spiro atoms. The maximum absolute atomic E-state index is 13.6. The fourth-order valence-electron chi connectivity index (χ4n) is 3.93. The van der Waals surface area contributed by atoms with Gasteiger partial charge in [0.2, 0.25) is 10.0 Å². The average molecular weight is 495 g/mol. The van der Waals surface area contributed by atoms with Crippen molar-refractivity contribution in [2.45, 2.75) is 31.0 Å². The van der Waals surface area contributed by atoms with Gasteiger partial charge in [-0.05, 0) is 42.3 Å². The molecule has 7 nitrogen and oxygen atoms in total. The number of nitrogens with zero attached hydrogens (tertiary/aromatic N) is 2. The van der Waals surface area contributed by atoms with Crippen molar-refractivity contribution in [2.75, 3.05) is 26.3 Å². The standard InChI is InChI=1S/C27H30N2O5S/c1-22(27(30)28-16-18-33-19-17-28)34-25-12-14-26(15-13-25)35(31,32)29(20-23-8-4-2-5-9-23)21-24-10-6-3-7-11-24/h2-15,22H,16-21H2,1H3/t22-/m0/s1. The summed E-state index contributed by atoms with van der Waals surface area (Å²) in [5.74, 6) is 0.331. The molecule has 0 aliphatic carbocycles. The first-order valence-electron chi connectivity index (χ1n) is 11.6. The van der Waals surface area contributed by atoms with Crippen LogP contribution in [-0.4, -0.2) is 55.9 Å². The second kappa shape index (κ2) is 11.5. The van der Waals surface area contributed by atoms with Crippen molar-refractivity contribution in [1.82, 2.24) is 9.21 Å². The van der Waals surface area contributed by atoms with Crippen LogP contribution in [0.2, 0.25) is 0 Å². The molecule has 1 aliphatic rings. The number of morpholine rings is 1. The van der Waals surface area contributed by atoms with Crippen LogP contribution in [0.25, 0.3) is 0 Å².